The molecular weight excluding hydrogens is 354 g/mol. The highest BCUT2D eigenvalue weighted by Crippen LogP contribution is 2.45. The molecule has 1 aliphatic carbocycles. The fourth-order valence-corrected chi connectivity index (χ4v) is 3.75. The van der Waals surface area contributed by atoms with Crippen LogP contribution in [0.1, 0.15) is 62.1 Å². The predicted octanol–water partition coefficient (Wildman–Crippen LogP) is 4.35. The normalized spacial score (nSPS) is 20.5. The Morgan fingerprint density at radius 1 is 1.11 bits per heavy atom. The summed E-state index contributed by atoms with van der Waals surface area (Å²) >= 11 is 0. The number of carbonyl (C=O) groups is 1. The van der Waals surface area contributed by atoms with Crippen LogP contribution in [0.15, 0.2) is 42.5 Å². The molecule has 0 saturated heterocycles. The Morgan fingerprint density at radius 2 is 1.71 bits per heavy atom. The topological polar surface area (TPSA) is 92.8 Å². The molecule has 2 aromatic carbocycles. The lowest BCUT2D eigenvalue weighted by atomic mass is 9.67. The van der Waals surface area contributed by atoms with Gasteiger partial charge in [-0.15, -0.1) is 0 Å². The first-order valence-electron chi connectivity index (χ1n) is 9.85. The van der Waals surface area contributed by atoms with E-state index in [-0.39, 0.29) is 11.5 Å². The smallest absolute Gasteiger partial charge is 0.315 e. The predicted molar refractivity (Wildman–Crippen MR) is 110 cm³/mol. The van der Waals surface area contributed by atoms with Crippen LogP contribution in [-0.4, -0.2) is 23.3 Å². The summed E-state index contributed by atoms with van der Waals surface area (Å²) in [6.45, 7) is 4.42. The van der Waals surface area contributed by atoms with Gasteiger partial charge in [0.25, 0.3) is 0 Å². The third kappa shape index (κ3) is 4.65. The second-order valence-corrected chi connectivity index (χ2v) is 7.28. The number of hydrogen-bond donors (Lipinski definition) is 3. The molecule has 5 heteroatoms. The molecule has 5 nitrogen and oxygen atoms in total. The summed E-state index contributed by atoms with van der Waals surface area (Å²) in [6.07, 6.45) is 5.26. The van der Waals surface area contributed by atoms with Crippen LogP contribution in [0.4, 0.5) is 0 Å². The number of aromatic hydroxyl groups is 2. The maximum atomic E-state index is 12.5. The van der Waals surface area contributed by atoms with Crippen LogP contribution in [0.25, 0.3) is 0 Å². The fourth-order valence-electron chi connectivity index (χ4n) is 3.75. The minimum absolute atomic E-state index is 0.146. The number of phenolic OH excluding ortho intramolecular Hbond substituents is 2. The first kappa shape index (κ1) is 21.8. The van der Waals surface area contributed by atoms with Crippen LogP contribution >= 0.6 is 0 Å². The van der Waals surface area contributed by atoms with Crippen molar-refractivity contribution in [2.75, 3.05) is 7.11 Å². The molecule has 0 fully saturated rings. The first-order valence-corrected chi connectivity index (χ1v) is 9.85. The summed E-state index contributed by atoms with van der Waals surface area (Å²) in [5.74, 6) is -0.761. The summed E-state index contributed by atoms with van der Waals surface area (Å²) in [5.41, 5.74) is 8.18. The lowest BCUT2D eigenvalue weighted by molar-refractivity contribution is -0.144. The van der Waals surface area contributed by atoms with E-state index < -0.39 is 17.4 Å². The lowest BCUT2D eigenvalue weighted by Gasteiger charge is -2.41. The van der Waals surface area contributed by atoms with E-state index in [9.17, 15) is 15.0 Å². The Labute approximate surface area is 167 Å². The lowest BCUT2D eigenvalue weighted by Crippen LogP contribution is -2.49. The van der Waals surface area contributed by atoms with E-state index in [1.165, 1.54) is 26.4 Å². The molecule has 2 aromatic rings. The number of nitrogens with two attached hydrogens (primary N) is 1. The Kier molecular flexibility index (Phi) is 7.46. The molecule has 28 heavy (non-hydrogen) atoms. The molecule has 0 saturated carbocycles. The quantitative estimate of drug-likeness (QED) is 0.680. The molecule has 0 spiro atoms. The van der Waals surface area contributed by atoms with E-state index in [2.05, 4.69) is 13.8 Å². The van der Waals surface area contributed by atoms with Gasteiger partial charge in [0.2, 0.25) is 0 Å². The van der Waals surface area contributed by atoms with Gasteiger partial charge in [-0.2, -0.15) is 0 Å². The Balaban J connectivity index is 0.000000500. The number of methoxy groups -OCH3 is 1. The number of hydrogen-bond acceptors (Lipinski definition) is 5. The van der Waals surface area contributed by atoms with Crippen molar-refractivity contribution < 1.29 is 19.7 Å². The summed E-state index contributed by atoms with van der Waals surface area (Å²) in [4.78, 5) is 12.5. The monoisotopic (exact) mass is 385 g/mol. The fraction of sp³-hybridized carbons (Fsp3) is 0.435. The van der Waals surface area contributed by atoms with E-state index in [0.29, 0.717) is 12.8 Å². The highest BCUT2D eigenvalue weighted by Gasteiger charge is 2.46. The van der Waals surface area contributed by atoms with Crippen LogP contribution in [0.3, 0.4) is 0 Å². The molecule has 0 aliphatic heterocycles. The van der Waals surface area contributed by atoms with Crippen LogP contribution < -0.4 is 5.73 Å². The largest absolute Gasteiger partial charge is 0.508 e. The van der Waals surface area contributed by atoms with Gasteiger partial charge in [-0.25, -0.2) is 0 Å². The van der Waals surface area contributed by atoms with Crippen molar-refractivity contribution in [2.24, 2.45) is 5.73 Å². The molecule has 1 aliphatic rings. The summed E-state index contributed by atoms with van der Waals surface area (Å²) < 4.78 is 4.99. The molecular formula is C23H31NO4. The van der Waals surface area contributed by atoms with E-state index in [1.54, 1.807) is 42.5 Å². The van der Waals surface area contributed by atoms with Gasteiger partial charge in [0.1, 0.15) is 17.4 Å². The van der Waals surface area contributed by atoms with Crippen LogP contribution in [-0.2, 0) is 21.5 Å². The zero-order valence-corrected chi connectivity index (χ0v) is 16.9. The summed E-state index contributed by atoms with van der Waals surface area (Å²) in [7, 11) is 1.34. The molecule has 0 amide bonds. The van der Waals surface area contributed by atoms with Gasteiger partial charge in [-0.1, -0.05) is 51.3 Å². The summed E-state index contributed by atoms with van der Waals surface area (Å²) in [6, 6.07) is 11.5. The molecule has 0 bridgehead atoms. The molecule has 4 N–H and O–H groups in total. The maximum absolute atomic E-state index is 12.5. The number of phenols is 2. The third-order valence-electron chi connectivity index (χ3n) is 5.31. The maximum Gasteiger partial charge on any atom is 0.315 e. The molecule has 0 heterocycles. The van der Waals surface area contributed by atoms with Crippen molar-refractivity contribution in [3.63, 3.8) is 0 Å². The third-order valence-corrected chi connectivity index (χ3v) is 5.31. The van der Waals surface area contributed by atoms with Gasteiger partial charge in [0.05, 0.1) is 12.6 Å². The summed E-state index contributed by atoms with van der Waals surface area (Å²) in [5, 5.41) is 19.2. The molecule has 152 valence electrons. The number of ether oxygens (including phenoxy) is 1. The average Bonchev–Trinajstić information content (AvgIpc) is 2.69. The number of carbonyl (C=O) groups excluding carboxylic acids is 1. The second kappa shape index (κ2) is 9.60. The van der Waals surface area contributed by atoms with Gasteiger partial charge in [0.15, 0.2) is 0 Å². The van der Waals surface area contributed by atoms with E-state index in [1.807, 2.05) is 0 Å². The van der Waals surface area contributed by atoms with E-state index in [4.69, 9.17) is 10.5 Å². The average molecular weight is 386 g/mol. The molecule has 2 unspecified atom stereocenters. The van der Waals surface area contributed by atoms with Crippen molar-refractivity contribution in [2.45, 2.75) is 57.4 Å². The van der Waals surface area contributed by atoms with Gasteiger partial charge < -0.3 is 20.7 Å². The Morgan fingerprint density at radius 3 is 2.25 bits per heavy atom. The van der Waals surface area contributed by atoms with Crippen molar-refractivity contribution in [3.8, 4) is 11.5 Å². The van der Waals surface area contributed by atoms with E-state index >= 15 is 0 Å². The number of unbranched alkanes of at least 4 members (excludes halogenated alkanes) is 2. The van der Waals surface area contributed by atoms with Crippen LogP contribution in [0, 0.1) is 0 Å². The standard InChI is InChI=1S/C18H19NO4.C5H12/c1-23-17(22)16-15-7-6-14(21)10-11(15)8-9-18(16,19)12-2-4-13(20)5-3-12;1-3-5-4-2/h2-7,10,16,20-21H,8-9,19H2,1H3;3-5H2,1-2H3. The number of benzene rings is 2. The van der Waals surface area contributed by atoms with Crippen molar-refractivity contribution in [1.82, 2.24) is 0 Å². The first-order chi connectivity index (χ1) is 13.4. The molecule has 3 rings (SSSR count). The number of esters is 1. The van der Waals surface area contributed by atoms with Gasteiger partial charge in [-0.05, 0) is 53.8 Å². The van der Waals surface area contributed by atoms with Gasteiger partial charge in [0, 0.05) is 0 Å². The minimum Gasteiger partial charge on any atom is -0.508 e. The Bertz CT molecular complexity index is 786. The SMILES string of the molecule is CCCCC.COC(=O)C1c2ccc(O)cc2CCC1(N)c1ccc(O)cc1. The van der Waals surface area contributed by atoms with Crippen LogP contribution in [0.2, 0.25) is 0 Å². The van der Waals surface area contributed by atoms with Crippen molar-refractivity contribution >= 4 is 5.97 Å². The zero-order chi connectivity index (χ0) is 20.7. The van der Waals surface area contributed by atoms with Gasteiger partial charge >= 0.3 is 5.97 Å². The number of rotatable bonds is 4. The zero-order valence-electron chi connectivity index (χ0n) is 16.9. The Hall–Kier alpha value is -2.53. The van der Waals surface area contributed by atoms with Crippen molar-refractivity contribution in [3.05, 3.63) is 59.2 Å². The molecule has 0 radical (unpaired) electrons. The van der Waals surface area contributed by atoms with E-state index in [0.717, 1.165) is 16.7 Å². The number of aryl methyl sites for hydroxylation is 1. The van der Waals surface area contributed by atoms with Gasteiger partial charge in [-0.3, -0.25) is 4.79 Å². The van der Waals surface area contributed by atoms with Crippen molar-refractivity contribution in [1.29, 1.82) is 0 Å². The highest BCUT2D eigenvalue weighted by atomic mass is 16.5. The second-order valence-electron chi connectivity index (χ2n) is 7.28. The minimum atomic E-state index is -0.926. The number of fused-ring (bicyclic) bond motifs is 1. The highest BCUT2D eigenvalue weighted by molar-refractivity contribution is 5.81. The van der Waals surface area contributed by atoms with Crippen LogP contribution in [0.5, 0.6) is 11.5 Å². The molecule has 0 aromatic heterocycles. The molecule has 2 atom stereocenters.